The molecule has 3 aromatic rings. The van der Waals surface area contributed by atoms with E-state index in [1.807, 2.05) is 48.5 Å². The highest BCUT2D eigenvalue weighted by atomic mass is 35.5. The molecule has 5 heteroatoms. The van der Waals surface area contributed by atoms with Crippen molar-refractivity contribution >= 4 is 45.9 Å². The number of para-hydroxylation sites is 1. The molecule has 0 amide bonds. The Balaban J connectivity index is 2.09. The molecule has 0 saturated carbocycles. The van der Waals surface area contributed by atoms with Crippen LogP contribution in [0.5, 0.6) is 0 Å². The average molecular weight is 307 g/mol. The first-order valence-electron chi connectivity index (χ1n) is 5.58. The maximum atomic E-state index is 5.99. The molecule has 0 spiro atoms. The Morgan fingerprint density at radius 2 is 1.74 bits per heavy atom. The van der Waals surface area contributed by atoms with Gasteiger partial charge in [-0.3, -0.25) is 0 Å². The second kappa shape index (κ2) is 5.37. The molecular weight excluding hydrogens is 299 g/mol. The van der Waals surface area contributed by atoms with Gasteiger partial charge in [-0.15, -0.1) is 0 Å². The quantitative estimate of drug-likeness (QED) is 0.487. The van der Waals surface area contributed by atoms with Gasteiger partial charge in [0.05, 0.1) is 5.52 Å². The highest BCUT2D eigenvalue weighted by Crippen LogP contribution is 2.33. The van der Waals surface area contributed by atoms with Gasteiger partial charge in [0.25, 0.3) is 0 Å². The molecule has 0 bridgehead atoms. The van der Waals surface area contributed by atoms with Crippen LogP contribution in [0.4, 0.5) is 0 Å². The zero-order chi connectivity index (χ0) is 13.2. The normalized spacial score (nSPS) is 10.8. The fourth-order valence-electron chi connectivity index (χ4n) is 1.74. The number of fused-ring (bicyclic) bond motifs is 1. The lowest BCUT2D eigenvalue weighted by molar-refractivity contribution is 1.10. The van der Waals surface area contributed by atoms with Crippen molar-refractivity contribution in [2.24, 2.45) is 0 Å². The first-order valence-corrected chi connectivity index (χ1v) is 7.15. The SMILES string of the molecule is Clc1cccc(Sc2nc(Cl)nc3ccccc23)c1. The minimum absolute atomic E-state index is 0.253. The second-order valence-corrected chi connectivity index (χ2v) is 5.71. The van der Waals surface area contributed by atoms with E-state index in [4.69, 9.17) is 23.2 Å². The molecule has 0 saturated heterocycles. The molecule has 2 aromatic carbocycles. The van der Waals surface area contributed by atoms with Crippen molar-refractivity contribution < 1.29 is 0 Å². The van der Waals surface area contributed by atoms with Gasteiger partial charge >= 0.3 is 0 Å². The lowest BCUT2D eigenvalue weighted by Gasteiger charge is -2.05. The van der Waals surface area contributed by atoms with E-state index in [1.54, 1.807) is 0 Å². The maximum Gasteiger partial charge on any atom is 0.224 e. The second-order valence-electron chi connectivity index (χ2n) is 3.87. The van der Waals surface area contributed by atoms with Gasteiger partial charge in [0.15, 0.2) is 0 Å². The van der Waals surface area contributed by atoms with Crippen molar-refractivity contribution in [3.63, 3.8) is 0 Å². The first-order chi connectivity index (χ1) is 9.22. The highest BCUT2D eigenvalue weighted by Gasteiger charge is 2.08. The average Bonchev–Trinajstić information content (AvgIpc) is 2.38. The molecule has 2 nitrogen and oxygen atoms in total. The highest BCUT2D eigenvalue weighted by molar-refractivity contribution is 7.99. The molecule has 1 heterocycles. The number of halogens is 2. The molecule has 19 heavy (non-hydrogen) atoms. The minimum Gasteiger partial charge on any atom is -0.218 e. The van der Waals surface area contributed by atoms with E-state index in [9.17, 15) is 0 Å². The van der Waals surface area contributed by atoms with Crippen LogP contribution < -0.4 is 0 Å². The van der Waals surface area contributed by atoms with Crippen LogP contribution in [0.25, 0.3) is 10.9 Å². The van der Waals surface area contributed by atoms with Crippen LogP contribution in [-0.2, 0) is 0 Å². The van der Waals surface area contributed by atoms with Crippen molar-refractivity contribution in [2.45, 2.75) is 9.92 Å². The fourth-order valence-corrected chi connectivity index (χ4v) is 3.19. The van der Waals surface area contributed by atoms with Crippen LogP contribution in [0.2, 0.25) is 10.3 Å². The lowest BCUT2D eigenvalue weighted by Crippen LogP contribution is -1.89. The molecule has 94 valence electrons. The van der Waals surface area contributed by atoms with Gasteiger partial charge in [-0.25, -0.2) is 9.97 Å². The Bertz CT molecular complexity index is 746. The van der Waals surface area contributed by atoms with Gasteiger partial charge in [-0.1, -0.05) is 47.6 Å². The van der Waals surface area contributed by atoms with Crippen LogP contribution in [0.3, 0.4) is 0 Å². The van der Waals surface area contributed by atoms with Crippen molar-refractivity contribution in [3.8, 4) is 0 Å². The molecule has 1 aromatic heterocycles. The fraction of sp³-hybridized carbons (Fsp3) is 0. The number of hydrogen-bond acceptors (Lipinski definition) is 3. The number of benzene rings is 2. The zero-order valence-corrected chi connectivity index (χ0v) is 12.0. The van der Waals surface area contributed by atoms with Gasteiger partial charge in [0.2, 0.25) is 5.28 Å². The molecule has 0 N–H and O–H groups in total. The number of aromatic nitrogens is 2. The summed E-state index contributed by atoms with van der Waals surface area (Å²) in [6.45, 7) is 0. The molecule has 0 aliphatic rings. The summed E-state index contributed by atoms with van der Waals surface area (Å²) in [5.41, 5.74) is 0.840. The molecule has 0 unspecified atom stereocenters. The third-order valence-corrected chi connectivity index (χ3v) is 3.95. The van der Waals surface area contributed by atoms with Crippen molar-refractivity contribution in [1.29, 1.82) is 0 Å². The summed E-state index contributed by atoms with van der Waals surface area (Å²) < 4.78 is 0. The van der Waals surface area contributed by atoms with Gasteiger partial charge in [-0.2, -0.15) is 0 Å². The largest absolute Gasteiger partial charge is 0.224 e. The third kappa shape index (κ3) is 2.84. The number of nitrogens with zero attached hydrogens (tertiary/aromatic N) is 2. The summed E-state index contributed by atoms with van der Waals surface area (Å²) in [6, 6.07) is 15.4. The van der Waals surface area contributed by atoms with Gasteiger partial charge in [0.1, 0.15) is 5.03 Å². The Labute approximate surface area is 124 Å². The summed E-state index contributed by atoms with van der Waals surface area (Å²) in [4.78, 5) is 9.53. The van der Waals surface area contributed by atoms with E-state index in [-0.39, 0.29) is 5.28 Å². The topological polar surface area (TPSA) is 25.8 Å². The summed E-state index contributed by atoms with van der Waals surface area (Å²) in [6.07, 6.45) is 0. The monoisotopic (exact) mass is 306 g/mol. The van der Waals surface area contributed by atoms with E-state index < -0.39 is 0 Å². The standard InChI is InChI=1S/C14H8Cl2N2S/c15-9-4-3-5-10(8-9)19-13-11-6-1-2-7-12(11)17-14(16)18-13/h1-8H. The minimum atomic E-state index is 0.253. The first kappa shape index (κ1) is 12.7. The predicted molar refractivity (Wildman–Crippen MR) is 80.1 cm³/mol. The zero-order valence-electron chi connectivity index (χ0n) is 9.68. The van der Waals surface area contributed by atoms with E-state index in [0.29, 0.717) is 5.02 Å². The molecule has 0 fully saturated rings. The van der Waals surface area contributed by atoms with Gasteiger partial charge in [0, 0.05) is 15.3 Å². The molecule has 0 radical (unpaired) electrons. The summed E-state index contributed by atoms with van der Waals surface area (Å²) in [5, 5.41) is 2.77. The van der Waals surface area contributed by atoms with E-state index in [0.717, 1.165) is 20.8 Å². The van der Waals surface area contributed by atoms with Crippen LogP contribution in [0, 0.1) is 0 Å². The van der Waals surface area contributed by atoms with Crippen molar-refractivity contribution in [3.05, 3.63) is 58.8 Å². The lowest BCUT2D eigenvalue weighted by atomic mass is 10.2. The van der Waals surface area contributed by atoms with Crippen LogP contribution in [-0.4, -0.2) is 9.97 Å². The maximum absolute atomic E-state index is 5.99. The van der Waals surface area contributed by atoms with Gasteiger partial charge < -0.3 is 0 Å². The molecule has 3 rings (SSSR count). The van der Waals surface area contributed by atoms with Crippen molar-refractivity contribution in [1.82, 2.24) is 9.97 Å². The Kier molecular flexibility index (Phi) is 3.60. The van der Waals surface area contributed by atoms with Crippen LogP contribution in [0.1, 0.15) is 0 Å². The molecule has 0 aliphatic heterocycles. The van der Waals surface area contributed by atoms with Gasteiger partial charge in [-0.05, 0) is 35.9 Å². The van der Waals surface area contributed by atoms with E-state index in [1.165, 1.54) is 11.8 Å². The summed E-state index contributed by atoms with van der Waals surface area (Å²) >= 11 is 13.5. The van der Waals surface area contributed by atoms with Crippen molar-refractivity contribution in [2.75, 3.05) is 0 Å². The predicted octanol–water partition coefficient (Wildman–Crippen LogP) is 5.09. The van der Waals surface area contributed by atoms with Crippen LogP contribution in [0.15, 0.2) is 58.5 Å². The Morgan fingerprint density at radius 1 is 0.895 bits per heavy atom. The Hall–Kier alpha value is -1.29. The summed E-state index contributed by atoms with van der Waals surface area (Å²) in [5.74, 6) is 0. The molecular formula is C14H8Cl2N2S. The van der Waals surface area contributed by atoms with E-state index in [2.05, 4.69) is 9.97 Å². The van der Waals surface area contributed by atoms with Crippen LogP contribution >= 0.6 is 35.0 Å². The third-order valence-electron chi connectivity index (χ3n) is 2.55. The van der Waals surface area contributed by atoms with E-state index >= 15 is 0 Å². The molecule has 0 aliphatic carbocycles. The number of hydrogen-bond donors (Lipinski definition) is 0. The molecule has 0 atom stereocenters. The Morgan fingerprint density at radius 3 is 2.58 bits per heavy atom. The summed E-state index contributed by atoms with van der Waals surface area (Å²) in [7, 11) is 0. The number of rotatable bonds is 2. The smallest absolute Gasteiger partial charge is 0.218 e.